The quantitative estimate of drug-likeness (QED) is 0.0704. The Morgan fingerprint density at radius 1 is 0.554 bits per heavy atom. The second kappa shape index (κ2) is 28.1. The predicted molar refractivity (Wildman–Crippen MR) is 285 cm³/mol. The first kappa shape index (κ1) is 64.2. The maximum atomic E-state index is 14.2. The van der Waals surface area contributed by atoms with E-state index in [0.29, 0.717) is 62.3 Å². The summed E-state index contributed by atoms with van der Waals surface area (Å²) in [4.78, 5) is 96.7. The molecule has 0 fully saturated rings. The van der Waals surface area contributed by atoms with Crippen LogP contribution in [0.1, 0.15) is 194 Å². The number of benzene rings is 1. The Bertz CT molecular complexity index is 2110. The van der Waals surface area contributed by atoms with Gasteiger partial charge in [0.2, 0.25) is 5.96 Å². The first-order valence-electron chi connectivity index (χ1n) is 25.8. The average Bonchev–Trinajstić information content (AvgIpc) is 3.20. The van der Waals surface area contributed by atoms with Crippen molar-refractivity contribution in [3.8, 4) is 5.75 Å². The van der Waals surface area contributed by atoms with E-state index < -0.39 is 70.2 Å². The number of amidine groups is 2. The van der Waals surface area contributed by atoms with Gasteiger partial charge < -0.3 is 33.2 Å². The third kappa shape index (κ3) is 27.9. The molecular formula is C54H89N7O13. The molecule has 0 radical (unpaired) electrons. The lowest BCUT2D eigenvalue weighted by Gasteiger charge is -2.34. The van der Waals surface area contributed by atoms with Gasteiger partial charge in [0.25, 0.3) is 0 Å². The number of alkyl carbamates (subject to hydrolysis) is 1. The molecule has 0 unspecified atom stereocenters. The second-order valence-electron chi connectivity index (χ2n) is 24.0. The average molecular weight is 1040 g/mol. The molecule has 0 saturated carbocycles. The molecule has 20 heteroatoms. The number of rotatable bonds is 16. The van der Waals surface area contributed by atoms with Crippen molar-refractivity contribution in [3.63, 3.8) is 0 Å². The van der Waals surface area contributed by atoms with E-state index in [1.807, 2.05) is 32.9 Å². The Labute approximate surface area is 440 Å². The van der Waals surface area contributed by atoms with Crippen molar-refractivity contribution < 1.29 is 61.9 Å². The van der Waals surface area contributed by atoms with Crippen LogP contribution in [0.3, 0.4) is 0 Å². The molecule has 418 valence electrons. The smallest absolute Gasteiger partial charge is 0.437 e. The monoisotopic (exact) mass is 1040 g/mol. The van der Waals surface area contributed by atoms with Gasteiger partial charge in [-0.15, -0.1) is 4.99 Å². The largest absolute Gasteiger partial charge is 0.494 e. The highest BCUT2D eigenvalue weighted by atomic mass is 16.6. The highest BCUT2D eigenvalue weighted by Crippen LogP contribution is 2.22. The molecule has 0 spiro atoms. The summed E-state index contributed by atoms with van der Waals surface area (Å²) in [7, 11) is 0. The fourth-order valence-corrected chi connectivity index (χ4v) is 6.68. The van der Waals surface area contributed by atoms with E-state index >= 15 is 0 Å². The number of amides is 6. The van der Waals surface area contributed by atoms with Crippen LogP contribution in [0.25, 0.3) is 0 Å². The Balaban J connectivity index is 2.30. The molecular weight excluding hydrogens is 955 g/mol. The van der Waals surface area contributed by atoms with Gasteiger partial charge in [-0.1, -0.05) is 32.1 Å². The number of nitrogens with one attached hydrogen (secondary N) is 1. The minimum atomic E-state index is -1.03. The van der Waals surface area contributed by atoms with Gasteiger partial charge in [0.1, 0.15) is 51.0 Å². The molecule has 74 heavy (non-hydrogen) atoms. The number of carbonyl (C=O) groups excluding carboxylic acids is 6. The topological polar surface area (TPSA) is 226 Å². The van der Waals surface area contributed by atoms with Crippen molar-refractivity contribution in [3.05, 3.63) is 29.8 Å². The van der Waals surface area contributed by atoms with Crippen LogP contribution in [-0.4, -0.2) is 135 Å². The van der Waals surface area contributed by atoms with E-state index in [1.54, 1.807) is 116 Å². The summed E-state index contributed by atoms with van der Waals surface area (Å²) in [6.07, 6.45) is 1.45. The lowest BCUT2D eigenvalue weighted by molar-refractivity contribution is 0.0265. The van der Waals surface area contributed by atoms with Gasteiger partial charge >= 0.3 is 36.6 Å². The van der Waals surface area contributed by atoms with Crippen LogP contribution in [0, 0.1) is 0 Å². The Hall–Kier alpha value is -5.95. The maximum absolute atomic E-state index is 14.2. The number of hydrogen-bond acceptors (Lipinski definition) is 14. The van der Waals surface area contributed by atoms with Gasteiger partial charge in [-0.3, -0.25) is 15.2 Å². The SMILES string of the molecule is CC(C)(C)OC(=O)N=C(CCCCCCCCCN(C(=O)OC(C)(C)C)C(=NC(=O)OC(C)(C)C)N(CCCOc1ccc(C2=NCCCN2C(=O)OC(C)(C)C)cc1)C(=O)OC(C)(C)C)NC(=O)OC(C)(C)C. The summed E-state index contributed by atoms with van der Waals surface area (Å²) in [5.41, 5.74) is -4.34. The van der Waals surface area contributed by atoms with E-state index in [1.165, 1.54) is 9.80 Å². The van der Waals surface area contributed by atoms with Crippen LogP contribution in [0.5, 0.6) is 5.75 Å². The van der Waals surface area contributed by atoms with Gasteiger partial charge in [0, 0.05) is 38.2 Å². The fraction of sp³-hybridized carbons (Fsp3) is 0.722. The van der Waals surface area contributed by atoms with E-state index in [0.717, 1.165) is 30.6 Å². The van der Waals surface area contributed by atoms with E-state index in [-0.39, 0.29) is 37.9 Å². The zero-order chi connectivity index (χ0) is 56.3. The number of nitrogens with zero attached hydrogens (tertiary/aromatic N) is 6. The summed E-state index contributed by atoms with van der Waals surface area (Å²) in [5, 5.41) is 2.59. The molecule has 1 aliphatic rings. The third-order valence-corrected chi connectivity index (χ3v) is 9.43. The third-order valence-electron chi connectivity index (χ3n) is 9.43. The summed E-state index contributed by atoms with van der Waals surface area (Å²) in [6, 6.07) is 7.14. The van der Waals surface area contributed by atoms with Crippen LogP contribution in [-0.2, 0) is 28.4 Å². The minimum Gasteiger partial charge on any atom is -0.494 e. The zero-order valence-electron chi connectivity index (χ0n) is 47.9. The zero-order valence-corrected chi connectivity index (χ0v) is 47.9. The summed E-state index contributed by atoms with van der Waals surface area (Å²) < 4.78 is 39.7. The molecule has 1 heterocycles. The second-order valence-corrected chi connectivity index (χ2v) is 24.0. The van der Waals surface area contributed by atoms with Gasteiger partial charge in [-0.2, -0.15) is 4.99 Å². The van der Waals surface area contributed by atoms with Crippen LogP contribution in [0.4, 0.5) is 28.8 Å². The molecule has 0 saturated heterocycles. The van der Waals surface area contributed by atoms with Crippen LogP contribution in [0.15, 0.2) is 39.2 Å². The van der Waals surface area contributed by atoms with E-state index in [9.17, 15) is 28.8 Å². The number of ether oxygens (including phenoxy) is 7. The standard InChI is InChI=1S/C54H89N7O13/c1-49(2,3)69-43(62)56-40(57-44(63)70-50(4,5)6)28-24-22-20-19-21-23-25-34-60(47(66)73-53(13,14)15)42(58-45(64)71-51(7,8)9)61(48(67)74-54(16,17)18)36-27-37-68-39-31-29-38(30-32-39)41-55-33-26-35-59(41)46(65)72-52(10,11)12/h29-32H,19-28,33-37H2,1-18H3,(H,56,57,62,63). The normalized spacial score (nSPS) is 14.0. The van der Waals surface area contributed by atoms with Gasteiger partial charge in [0.15, 0.2) is 0 Å². The number of carbonyl (C=O) groups is 6. The van der Waals surface area contributed by atoms with Crippen molar-refractivity contribution in [1.82, 2.24) is 20.0 Å². The lowest BCUT2D eigenvalue weighted by atomic mass is 10.1. The maximum Gasteiger partial charge on any atom is 0.437 e. The van der Waals surface area contributed by atoms with Gasteiger partial charge in [0.05, 0.1) is 6.61 Å². The molecule has 0 aromatic heterocycles. The number of hydrogen-bond donors (Lipinski definition) is 1. The Morgan fingerprint density at radius 2 is 1.00 bits per heavy atom. The predicted octanol–water partition coefficient (Wildman–Crippen LogP) is 12.6. The summed E-state index contributed by atoms with van der Waals surface area (Å²) in [5.74, 6) is 0.860. The number of guanidine groups is 1. The van der Waals surface area contributed by atoms with Crippen LogP contribution in [0.2, 0.25) is 0 Å². The van der Waals surface area contributed by atoms with Crippen molar-refractivity contribution in [2.24, 2.45) is 15.0 Å². The van der Waals surface area contributed by atoms with Gasteiger partial charge in [-0.05, 0) is 175 Å². The highest BCUT2D eigenvalue weighted by Gasteiger charge is 2.36. The van der Waals surface area contributed by atoms with Crippen LogP contribution >= 0.6 is 0 Å². The summed E-state index contributed by atoms with van der Waals surface area (Å²) in [6.45, 7) is 32.2. The summed E-state index contributed by atoms with van der Waals surface area (Å²) >= 11 is 0. The van der Waals surface area contributed by atoms with Gasteiger partial charge in [-0.25, -0.2) is 38.6 Å². The molecule has 1 aliphatic heterocycles. The van der Waals surface area contributed by atoms with Crippen molar-refractivity contribution in [1.29, 1.82) is 0 Å². The molecule has 0 aliphatic carbocycles. The van der Waals surface area contributed by atoms with Crippen molar-refractivity contribution in [2.45, 2.75) is 222 Å². The lowest BCUT2D eigenvalue weighted by Crippen LogP contribution is -2.53. The van der Waals surface area contributed by atoms with Crippen molar-refractivity contribution >= 4 is 54.2 Å². The highest BCUT2D eigenvalue weighted by molar-refractivity contribution is 6.07. The molecule has 2 rings (SSSR count). The van der Waals surface area contributed by atoms with E-state index in [4.69, 9.17) is 33.2 Å². The first-order valence-corrected chi connectivity index (χ1v) is 25.8. The minimum absolute atomic E-state index is 0.0240. The van der Waals surface area contributed by atoms with Crippen molar-refractivity contribution in [2.75, 3.05) is 32.8 Å². The number of aliphatic imine (C=N–C) groups is 3. The molecule has 0 atom stereocenters. The fourth-order valence-electron chi connectivity index (χ4n) is 6.68. The molecule has 1 aromatic carbocycles. The molecule has 1 aromatic rings. The Kier molecular flexibility index (Phi) is 24.4. The van der Waals surface area contributed by atoms with E-state index in [2.05, 4.69) is 20.3 Å². The first-order chi connectivity index (χ1) is 33.9. The number of unbranched alkanes of at least 4 members (excludes halogenated alkanes) is 6. The Morgan fingerprint density at radius 3 is 1.49 bits per heavy atom. The molecule has 20 nitrogen and oxygen atoms in total. The molecule has 0 bridgehead atoms. The molecule has 1 N–H and O–H groups in total. The molecule has 6 amide bonds. The van der Waals surface area contributed by atoms with Crippen LogP contribution < -0.4 is 10.1 Å².